The number of ether oxygens (including phenoxy) is 1. The third-order valence-electron chi connectivity index (χ3n) is 2.47. The molecule has 0 aromatic heterocycles. The first kappa shape index (κ1) is 16.4. The Bertz CT molecular complexity index is 640. The van der Waals surface area contributed by atoms with Gasteiger partial charge in [0, 0.05) is 6.07 Å². The number of nitro benzene ring substituents is 1. The third kappa shape index (κ3) is 3.45. The largest absolute Gasteiger partial charge is 0.468 e. The number of nitro groups is 1. The normalized spacial score (nSPS) is 14.3. The fourth-order valence-corrected chi connectivity index (χ4v) is 3.82. The fraction of sp³-hybridized carbons (Fsp3) is 0.364. The number of hydrogen-bond acceptors (Lipinski definition) is 6. The van der Waals surface area contributed by atoms with Gasteiger partial charge in [-0.2, -0.15) is 0 Å². The van der Waals surface area contributed by atoms with Gasteiger partial charge in [0.05, 0.1) is 17.8 Å². The molecule has 0 heterocycles. The zero-order valence-corrected chi connectivity index (χ0v) is 12.3. The second kappa shape index (κ2) is 5.76. The Balaban J connectivity index is 3.26. The molecule has 0 amide bonds. The molecule has 1 aromatic carbocycles. The van der Waals surface area contributed by atoms with Gasteiger partial charge >= 0.3 is 5.97 Å². The van der Waals surface area contributed by atoms with Gasteiger partial charge in [-0.3, -0.25) is 14.9 Å². The van der Waals surface area contributed by atoms with Crippen LogP contribution in [0.2, 0.25) is 0 Å². The number of benzene rings is 1. The molecule has 0 aliphatic rings. The first-order chi connectivity index (χ1) is 9.12. The number of nitrogens with zero attached hydrogens (tertiary/aromatic N) is 1. The second-order valence-corrected chi connectivity index (χ2v) is 6.97. The summed E-state index contributed by atoms with van der Waals surface area (Å²) in [6, 6.07) is 4.86. The zero-order chi connectivity index (χ0) is 15.6. The number of methoxy groups -OCH3 is 1. The third-order valence-corrected chi connectivity index (χ3v) is 4.89. The van der Waals surface area contributed by atoms with E-state index in [9.17, 15) is 23.3 Å². The van der Waals surface area contributed by atoms with E-state index in [1.54, 1.807) is 0 Å². The van der Waals surface area contributed by atoms with Crippen molar-refractivity contribution in [1.29, 1.82) is 0 Å². The molecule has 0 fully saturated rings. The summed E-state index contributed by atoms with van der Waals surface area (Å²) in [6.07, 6.45) is 0. The van der Waals surface area contributed by atoms with E-state index in [0.717, 1.165) is 19.2 Å². The van der Waals surface area contributed by atoms with Crippen LogP contribution in [-0.4, -0.2) is 37.0 Å². The smallest absolute Gasteiger partial charge is 0.327 e. The molecular formula is C11H12ClNO6S. The molecule has 0 saturated heterocycles. The molecule has 9 heteroatoms. The molecule has 1 rings (SSSR count). The van der Waals surface area contributed by atoms with E-state index in [1.165, 1.54) is 19.1 Å². The van der Waals surface area contributed by atoms with Crippen LogP contribution in [0.5, 0.6) is 0 Å². The average Bonchev–Trinajstić information content (AvgIpc) is 2.36. The van der Waals surface area contributed by atoms with Crippen molar-refractivity contribution in [2.45, 2.75) is 16.7 Å². The molecule has 110 valence electrons. The molecule has 0 aliphatic heterocycles. The molecule has 0 N–H and O–H groups in total. The number of sulfone groups is 1. The van der Waals surface area contributed by atoms with Crippen LogP contribution in [0.3, 0.4) is 0 Å². The topological polar surface area (TPSA) is 104 Å². The van der Waals surface area contributed by atoms with Gasteiger partial charge in [0.15, 0.2) is 14.7 Å². The summed E-state index contributed by atoms with van der Waals surface area (Å²) in [5.74, 6) is -1.74. The summed E-state index contributed by atoms with van der Waals surface area (Å²) in [5, 5.41) is 10.8. The minimum Gasteiger partial charge on any atom is -0.468 e. The minimum absolute atomic E-state index is 0.485. The molecule has 0 unspecified atom stereocenters. The number of esters is 1. The number of halogens is 1. The summed E-state index contributed by atoms with van der Waals surface area (Å²) in [7, 11) is -3.05. The average molecular weight is 322 g/mol. The molecule has 0 radical (unpaired) electrons. The van der Waals surface area contributed by atoms with E-state index < -0.39 is 41.9 Å². The van der Waals surface area contributed by atoms with Crippen LogP contribution < -0.4 is 0 Å². The van der Waals surface area contributed by atoms with E-state index in [-0.39, 0.29) is 0 Å². The van der Waals surface area contributed by atoms with Gasteiger partial charge in [0.2, 0.25) is 0 Å². The predicted molar refractivity (Wildman–Crippen MR) is 71.4 cm³/mol. The molecule has 0 bridgehead atoms. The van der Waals surface area contributed by atoms with Gasteiger partial charge in [-0.05, 0) is 13.0 Å². The lowest BCUT2D eigenvalue weighted by atomic mass is 10.2. The maximum Gasteiger partial charge on any atom is 0.327 e. The van der Waals surface area contributed by atoms with Crippen molar-refractivity contribution in [3.05, 3.63) is 34.4 Å². The minimum atomic E-state index is -4.12. The Morgan fingerprint density at radius 2 is 2.00 bits per heavy atom. The van der Waals surface area contributed by atoms with Gasteiger partial charge in [-0.15, -0.1) is 11.6 Å². The van der Waals surface area contributed by atoms with Gasteiger partial charge < -0.3 is 4.74 Å². The molecule has 1 atom stereocenters. The van der Waals surface area contributed by atoms with Gasteiger partial charge in [-0.25, -0.2) is 8.42 Å². The van der Waals surface area contributed by atoms with Crippen LogP contribution in [0, 0.1) is 10.1 Å². The van der Waals surface area contributed by atoms with Crippen LogP contribution in [0.15, 0.2) is 29.2 Å². The molecule has 0 saturated carbocycles. The maximum absolute atomic E-state index is 12.2. The number of carbonyl (C=O) groups excluding carboxylic acids is 1. The fourth-order valence-electron chi connectivity index (χ4n) is 1.58. The molecule has 0 aliphatic carbocycles. The monoisotopic (exact) mass is 321 g/mol. The molecular weight excluding hydrogens is 310 g/mol. The van der Waals surface area contributed by atoms with E-state index in [2.05, 4.69) is 4.74 Å². The van der Waals surface area contributed by atoms with Crippen LogP contribution in [0.25, 0.3) is 0 Å². The lowest BCUT2D eigenvalue weighted by Crippen LogP contribution is -2.37. The first-order valence-electron chi connectivity index (χ1n) is 5.35. The van der Waals surface area contributed by atoms with E-state index >= 15 is 0 Å². The number of para-hydroxylation sites is 1. The summed E-state index contributed by atoms with van der Waals surface area (Å²) < 4.78 is 28.8. The van der Waals surface area contributed by atoms with E-state index in [1.807, 2.05) is 0 Å². The molecule has 1 aromatic rings. The predicted octanol–water partition coefficient (Wildman–Crippen LogP) is 1.54. The standard InChI is InChI=1S/C11H12ClNO6S/c1-11(12,10(14)19-2)7-20(17,18)9-6-4-3-5-8(9)13(15)16/h3-6H,7H2,1-2H3/t11-/m1/s1. The highest BCUT2D eigenvalue weighted by molar-refractivity contribution is 7.91. The van der Waals surface area contributed by atoms with Crippen molar-refractivity contribution >= 4 is 33.1 Å². The highest BCUT2D eigenvalue weighted by Crippen LogP contribution is 2.28. The van der Waals surface area contributed by atoms with Crippen LogP contribution >= 0.6 is 11.6 Å². The summed E-state index contributed by atoms with van der Waals surface area (Å²) in [6.45, 7) is 1.17. The molecule has 20 heavy (non-hydrogen) atoms. The Kier molecular flexibility index (Phi) is 4.72. The quantitative estimate of drug-likeness (QED) is 0.352. The van der Waals surface area contributed by atoms with Crippen molar-refractivity contribution in [2.24, 2.45) is 0 Å². The highest BCUT2D eigenvalue weighted by atomic mass is 35.5. The van der Waals surface area contributed by atoms with Crippen molar-refractivity contribution in [3.63, 3.8) is 0 Å². The zero-order valence-electron chi connectivity index (χ0n) is 10.7. The van der Waals surface area contributed by atoms with Gasteiger partial charge in [-0.1, -0.05) is 12.1 Å². The summed E-state index contributed by atoms with van der Waals surface area (Å²) >= 11 is 5.83. The Hall–Kier alpha value is -1.67. The van der Waals surface area contributed by atoms with Crippen molar-refractivity contribution in [2.75, 3.05) is 12.9 Å². The Morgan fingerprint density at radius 3 is 2.50 bits per heavy atom. The number of hydrogen-bond donors (Lipinski definition) is 0. The van der Waals surface area contributed by atoms with Crippen LogP contribution in [-0.2, 0) is 19.4 Å². The Morgan fingerprint density at radius 1 is 1.45 bits per heavy atom. The lowest BCUT2D eigenvalue weighted by Gasteiger charge is -2.18. The SMILES string of the molecule is COC(=O)[C@](C)(Cl)CS(=O)(=O)c1ccccc1[N+](=O)[O-]. The van der Waals surface area contributed by atoms with Crippen molar-refractivity contribution in [3.8, 4) is 0 Å². The number of rotatable bonds is 5. The highest BCUT2D eigenvalue weighted by Gasteiger charge is 2.39. The van der Waals surface area contributed by atoms with Gasteiger partial charge in [0.1, 0.15) is 4.90 Å². The number of alkyl halides is 1. The number of carbonyl (C=O) groups is 1. The van der Waals surface area contributed by atoms with Crippen molar-refractivity contribution in [1.82, 2.24) is 0 Å². The van der Waals surface area contributed by atoms with E-state index in [4.69, 9.17) is 11.6 Å². The lowest BCUT2D eigenvalue weighted by molar-refractivity contribution is -0.387. The summed E-state index contributed by atoms with van der Waals surface area (Å²) in [4.78, 5) is 19.1. The van der Waals surface area contributed by atoms with Gasteiger partial charge in [0.25, 0.3) is 5.69 Å². The molecule has 7 nitrogen and oxygen atoms in total. The first-order valence-corrected chi connectivity index (χ1v) is 7.38. The van der Waals surface area contributed by atoms with Crippen LogP contribution in [0.1, 0.15) is 6.92 Å². The van der Waals surface area contributed by atoms with Crippen molar-refractivity contribution < 1.29 is 22.9 Å². The maximum atomic E-state index is 12.2. The Labute approximate surface area is 120 Å². The van der Waals surface area contributed by atoms with E-state index in [0.29, 0.717) is 0 Å². The summed E-state index contributed by atoms with van der Waals surface area (Å²) in [5.41, 5.74) is -0.565. The molecule has 0 spiro atoms. The van der Waals surface area contributed by atoms with Crippen LogP contribution in [0.4, 0.5) is 5.69 Å². The second-order valence-electron chi connectivity index (χ2n) is 4.17.